The van der Waals surface area contributed by atoms with E-state index in [4.69, 9.17) is 5.73 Å². The topological polar surface area (TPSA) is 88.2 Å². The lowest BCUT2D eigenvalue weighted by molar-refractivity contribution is 0.0902. The first kappa shape index (κ1) is 11.9. The molecule has 0 aliphatic heterocycles. The molecule has 1 fully saturated rings. The zero-order valence-electron chi connectivity index (χ0n) is 9.65. The molecule has 5 nitrogen and oxygen atoms in total. The highest BCUT2D eigenvalue weighted by molar-refractivity contribution is 5.94. The lowest BCUT2D eigenvalue weighted by atomic mass is 9.97. The van der Waals surface area contributed by atoms with Gasteiger partial charge in [-0.3, -0.25) is 9.78 Å². The monoisotopic (exact) mass is 235 g/mol. The summed E-state index contributed by atoms with van der Waals surface area (Å²) in [7, 11) is 0. The molecular weight excluding hydrogens is 218 g/mol. The second kappa shape index (κ2) is 4.71. The Bertz CT molecular complexity index is 414. The van der Waals surface area contributed by atoms with Gasteiger partial charge in [-0.2, -0.15) is 0 Å². The molecule has 4 N–H and O–H groups in total. The van der Waals surface area contributed by atoms with E-state index in [1.165, 1.54) is 18.5 Å². The molecule has 1 aromatic rings. The Morgan fingerprint density at radius 2 is 2.18 bits per heavy atom. The average Bonchev–Trinajstić information content (AvgIpc) is 2.78. The second-order valence-corrected chi connectivity index (χ2v) is 4.58. The summed E-state index contributed by atoms with van der Waals surface area (Å²) in [5.41, 5.74) is 5.84. The zero-order valence-corrected chi connectivity index (χ0v) is 9.65. The van der Waals surface area contributed by atoms with Crippen molar-refractivity contribution in [1.29, 1.82) is 0 Å². The van der Waals surface area contributed by atoms with Gasteiger partial charge < -0.3 is 16.2 Å². The number of hydrogen-bond donors (Lipinski definition) is 3. The summed E-state index contributed by atoms with van der Waals surface area (Å²) in [6, 6.07) is 1.40. The van der Waals surface area contributed by atoms with Crippen LogP contribution < -0.4 is 11.1 Å². The minimum atomic E-state index is -0.275. The molecule has 1 amide bonds. The normalized spacial score (nSPS) is 17.9. The van der Waals surface area contributed by atoms with Crippen molar-refractivity contribution in [3.63, 3.8) is 0 Å². The maximum Gasteiger partial charge on any atom is 0.253 e. The fraction of sp³-hybridized carbons (Fsp3) is 0.500. The first-order chi connectivity index (χ1) is 8.15. The van der Waals surface area contributed by atoms with Crippen molar-refractivity contribution in [1.82, 2.24) is 10.3 Å². The van der Waals surface area contributed by atoms with E-state index in [0.29, 0.717) is 12.1 Å². The Hall–Kier alpha value is -1.62. The minimum absolute atomic E-state index is 0.00845. The van der Waals surface area contributed by atoms with Gasteiger partial charge in [0.2, 0.25) is 0 Å². The van der Waals surface area contributed by atoms with Gasteiger partial charge in [0.15, 0.2) is 0 Å². The molecule has 0 aromatic carbocycles. The van der Waals surface area contributed by atoms with Gasteiger partial charge in [-0.25, -0.2) is 0 Å². The molecule has 1 aromatic heterocycles. The standard InChI is InChI=1S/C12H17N3O2/c13-8-12(3-1-2-4-12)15-11(17)9-5-10(16)7-14-6-9/h5-7,16H,1-4,8,13H2,(H,15,17). The molecule has 2 rings (SSSR count). The number of aromatic nitrogens is 1. The van der Waals surface area contributed by atoms with Gasteiger partial charge in [0.1, 0.15) is 5.75 Å². The van der Waals surface area contributed by atoms with Crippen LogP contribution >= 0.6 is 0 Å². The van der Waals surface area contributed by atoms with Crippen LogP contribution in [-0.4, -0.2) is 28.1 Å². The van der Waals surface area contributed by atoms with E-state index in [1.807, 2.05) is 0 Å². The van der Waals surface area contributed by atoms with E-state index in [1.54, 1.807) is 0 Å². The summed E-state index contributed by atoms with van der Waals surface area (Å²) in [5, 5.41) is 12.2. The molecule has 0 spiro atoms. The van der Waals surface area contributed by atoms with Crippen molar-refractivity contribution < 1.29 is 9.90 Å². The maximum atomic E-state index is 12.0. The highest BCUT2D eigenvalue weighted by atomic mass is 16.3. The summed E-state index contributed by atoms with van der Waals surface area (Å²) in [4.78, 5) is 15.8. The van der Waals surface area contributed by atoms with Crippen LogP contribution in [0.2, 0.25) is 0 Å². The zero-order chi connectivity index (χ0) is 12.3. The number of rotatable bonds is 3. The number of carbonyl (C=O) groups excluding carboxylic acids is 1. The molecule has 1 heterocycles. The molecule has 0 radical (unpaired) electrons. The number of nitrogens with two attached hydrogens (primary N) is 1. The van der Waals surface area contributed by atoms with Crippen molar-refractivity contribution in [3.05, 3.63) is 24.0 Å². The van der Waals surface area contributed by atoms with Gasteiger partial charge in [-0.15, -0.1) is 0 Å². The minimum Gasteiger partial charge on any atom is -0.506 e. The third-order valence-corrected chi connectivity index (χ3v) is 3.32. The highest BCUT2D eigenvalue weighted by Crippen LogP contribution is 2.29. The van der Waals surface area contributed by atoms with Crippen LogP contribution in [0.15, 0.2) is 18.5 Å². The number of nitrogens with zero attached hydrogens (tertiary/aromatic N) is 1. The van der Waals surface area contributed by atoms with E-state index in [0.717, 1.165) is 25.7 Å². The molecule has 1 saturated carbocycles. The highest BCUT2D eigenvalue weighted by Gasteiger charge is 2.34. The van der Waals surface area contributed by atoms with E-state index in [-0.39, 0.29) is 17.2 Å². The van der Waals surface area contributed by atoms with Gasteiger partial charge in [0.25, 0.3) is 5.91 Å². The Morgan fingerprint density at radius 3 is 2.76 bits per heavy atom. The first-order valence-corrected chi connectivity index (χ1v) is 5.82. The number of nitrogens with one attached hydrogen (secondary N) is 1. The van der Waals surface area contributed by atoms with Crippen LogP contribution in [0.1, 0.15) is 36.0 Å². The number of amides is 1. The first-order valence-electron chi connectivity index (χ1n) is 5.82. The summed E-state index contributed by atoms with van der Waals surface area (Å²) >= 11 is 0. The van der Waals surface area contributed by atoms with Crippen LogP contribution in [0.25, 0.3) is 0 Å². The molecule has 1 aliphatic rings. The Labute approximate surface area is 100 Å². The Balaban J connectivity index is 2.11. The molecule has 0 saturated heterocycles. The van der Waals surface area contributed by atoms with Crippen molar-refractivity contribution in [3.8, 4) is 5.75 Å². The van der Waals surface area contributed by atoms with Crippen LogP contribution in [-0.2, 0) is 0 Å². The van der Waals surface area contributed by atoms with E-state index in [2.05, 4.69) is 10.3 Å². The largest absolute Gasteiger partial charge is 0.506 e. The number of aromatic hydroxyl groups is 1. The molecule has 92 valence electrons. The van der Waals surface area contributed by atoms with Gasteiger partial charge >= 0.3 is 0 Å². The fourth-order valence-electron chi connectivity index (χ4n) is 2.30. The van der Waals surface area contributed by atoms with Gasteiger partial charge in [-0.05, 0) is 18.9 Å². The lowest BCUT2D eigenvalue weighted by Crippen LogP contribution is -2.51. The molecular formula is C12H17N3O2. The van der Waals surface area contributed by atoms with Gasteiger partial charge in [0, 0.05) is 12.7 Å². The van der Waals surface area contributed by atoms with Crippen LogP contribution in [0.4, 0.5) is 0 Å². The summed E-state index contributed by atoms with van der Waals surface area (Å²) in [6.07, 6.45) is 6.76. The summed E-state index contributed by atoms with van der Waals surface area (Å²) in [5.74, 6) is -0.230. The SMILES string of the molecule is NCC1(NC(=O)c2cncc(O)c2)CCCC1. The van der Waals surface area contributed by atoms with E-state index < -0.39 is 0 Å². The molecule has 1 aliphatic carbocycles. The smallest absolute Gasteiger partial charge is 0.253 e. The Kier molecular flexibility index (Phi) is 3.28. The lowest BCUT2D eigenvalue weighted by Gasteiger charge is -2.28. The third-order valence-electron chi connectivity index (χ3n) is 3.32. The van der Waals surface area contributed by atoms with Crippen LogP contribution in [0.3, 0.4) is 0 Å². The molecule has 0 atom stereocenters. The molecule has 0 bridgehead atoms. The molecule has 5 heteroatoms. The van der Waals surface area contributed by atoms with Crippen molar-refractivity contribution in [2.45, 2.75) is 31.2 Å². The quantitative estimate of drug-likeness (QED) is 0.722. The molecule has 0 unspecified atom stereocenters. The second-order valence-electron chi connectivity index (χ2n) is 4.58. The number of carbonyl (C=O) groups is 1. The third kappa shape index (κ3) is 2.55. The molecule has 17 heavy (non-hydrogen) atoms. The van der Waals surface area contributed by atoms with Crippen molar-refractivity contribution >= 4 is 5.91 Å². The van der Waals surface area contributed by atoms with Crippen molar-refractivity contribution in [2.24, 2.45) is 5.73 Å². The summed E-state index contributed by atoms with van der Waals surface area (Å²) in [6.45, 7) is 0.449. The number of pyridine rings is 1. The maximum absolute atomic E-state index is 12.0. The van der Waals surface area contributed by atoms with Crippen molar-refractivity contribution in [2.75, 3.05) is 6.54 Å². The predicted molar refractivity (Wildman–Crippen MR) is 63.6 cm³/mol. The average molecular weight is 235 g/mol. The van der Waals surface area contributed by atoms with Crippen LogP contribution in [0.5, 0.6) is 5.75 Å². The summed E-state index contributed by atoms with van der Waals surface area (Å²) < 4.78 is 0. The predicted octanol–water partition coefficient (Wildman–Crippen LogP) is 0.788. The Morgan fingerprint density at radius 1 is 1.47 bits per heavy atom. The fourth-order valence-corrected chi connectivity index (χ4v) is 2.30. The number of hydrogen-bond acceptors (Lipinski definition) is 4. The van der Waals surface area contributed by atoms with Gasteiger partial charge in [-0.1, -0.05) is 12.8 Å². The van der Waals surface area contributed by atoms with Crippen LogP contribution in [0, 0.1) is 0 Å². The van der Waals surface area contributed by atoms with E-state index >= 15 is 0 Å². The van der Waals surface area contributed by atoms with Gasteiger partial charge in [0.05, 0.1) is 17.3 Å². The van der Waals surface area contributed by atoms with E-state index in [9.17, 15) is 9.90 Å².